The molecular formula is C20H16N6. The van der Waals surface area contributed by atoms with Gasteiger partial charge in [0.25, 0.3) is 0 Å². The van der Waals surface area contributed by atoms with E-state index in [1.54, 1.807) is 12.5 Å². The van der Waals surface area contributed by atoms with Crippen molar-refractivity contribution in [2.24, 2.45) is 7.05 Å². The predicted molar refractivity (Wildman–Crippen MR) is 100 cm³/mol. The zero-order valence-corrected chi connectivity index (χ0v) is 14.2. The van der Waals surface area contributed by atoms with Gasteiger partial charge in [-0.2, -0.15) is 0 Å². The van der Waals surface area contributed by atoms with E-state index in [0.717, 1.165) is 51.8 Å². The van der Waals surface area contributed by atoms with Crippen molar-refractivity contribution in [3.63, 3.8) is 0 Å². The summed E-state index contributed by atoms with van der Waals surface area (Å²) in [6.07, 6.45) is 7.21. The van der Waals surface area contributed by atoms with Gasteiger partial charge < -0.3 is 15.3 Å². The molecule has 26 heavy (non-hydrogen) atoms. The lowest BCUT2D eigenvalue weighted by molar-refractivity contribution is 0.891. The second-order valence-electron chi connectivity index (χ2n) is 6.48. The lowest BCUT2D eigenvalue weighted by Crippen LogP contribution is -2.07. The molecule has 1 aromatic carbocycles. The van der Waals surface area contributed by atoms with Crippen LogP contribution in [-0.4, -0.2) is 24.5 Å². The minimum atomic E-state index is 0.304. The lowest BCUT2D eigenvalue weighted by Gasteiger charge is -2.15. The van der Waals surface area contributed by atoms with Gasteiger partial charge >= 0.3 is 0 Å². The zero-order valence-electron chi connectivity index (χ0n) is 14.2. The van der Waals surface area contributed by atoms with Crippen molar-refractivity contribution >= 4 is 16.9 Å². The van der Waals surface area contributed by atoms with Crippen LogP contribution in [0.15, 0.2) is 36.9 Å². The Bertz CT molecular complexity index is 1220. The number of nitrogens with zero attached hydrogens (tertiary/aromatic N) is 4. The first kappa shape index (κ1) is 14.7. The van der Waals surface area contributed by atoms with Crippen molar-refractivity contribution in [3.8, 4) is 23.1 Å². The quantitative estimate of drug-likeness (QED) is 0.482. The van der Waals surface area contributed by atoms with Crippen molar-refractivity contribution in [3.05, 3.63) is 59.4 Å². The van der Waals surface area contributed by atoms with E-state index in [1.165, 1.54) is 5.69 Å². The number of aryl methyl sites for hydroxylation is 3. The van der Waals surface area contributed by atoms with Crippen molar-refractivity contribution in [1.82, 2.24) is 24.5 Å². The standard InChI is InChI=1S/C20H16N6/c1-26-11-22-10-14(26)5-2-12-3-6-16-15(8-12)18-17(24-16)7-4-13-9-23-20(21)25-19(13)18/h3,6,8-11,24H,4,7H2,1H3,(H2,21,23,25). The van der Waals surface area contributed by atoms with Gasteiger partial charge in [-0.05, 0) is 42.5 Å². The Hall–Kier alpha value is -3.59. The molecule has 0 unspecified atom stereocenters. The van der Waals surface area contributed by atoms with E-state index in [9.17, 15) is 0 Å². The summed E-state index contributed by atoms with van der Waals surface area (Å²) in [6.45, 7) is 0. The van der Waals surface area contributed by atoms with Crippen LogP contribution < -0.4 is 5.73 Å². The van der Waals surface area contributed by atoms with Crippen LogP contribution in [0.25, 0.3) is 22.2 Å². The SMILES string of the molecule is Cn1cncc1C#Cc1ccc2[nH]c3c(c2c1)-c1nc(N)ncc1CC3. The summed E-state index contributed by atoms with van der Waals surface area (Å²) >= 11 is 0. The highest BCUT2D eigenvalue weighted by Gasteiger charge is 2.22. The summed E-state index contributed by atoms with van der Waals surface area (Å²) in [5.74, 6) is 6.70. The Balaban J connectivity index is 1.67. The number of hydrogen-bond acceptors (Lipinski definition) is 4. The fraction of sp³-hybridized carbons (Fsp3) is 0.150. The van der Waals surface area contributed by atoms with E-state index in [-0.39, 0.29) is 0 Å². The van der Waals surface area contributed by atoms with Gasteiger partial charge in [0.05, 0.1) is 18.2 Å². The largest absolute Gasteiger partial charge is 0.368 e. The molecule has 3 N–H and O–H groups in total. The van der Waals surface area contributed by atoms with E-state index < -0.39 is 0 Å². The lowest BCUT2D eigenvalue weighted by atomic mass is 9.93. The molecule has 0 amide bonds. The van der Waals surface area contributed by atoms with E-state index >= 15 is 0 Å². The zero-order chi connectivity index (χ0) is 17.7. The number of H-pyrrole nitrogens is 1. The van der Waals surface area contributed by atoms with Crippen molar-refractivity contribution in [2.45, 2.75) is 12.8 Å². The minimum Gasteiger partial charge on any atom is -0.368 e. The molecule has 0 bridgehead atoms. The maximum atomic E-state index is 5.83. The summed E-state index contributed by atoms with van der Waals surface area (Å²) in [5, 5.41) is 1.12. The van der Waals surface area contributed by atoms with Crippen LogP contribution in [0.5, 0.6) is 0 Å². The Morgan fingerprint density at radius 2 is 2.12 bits per heavy atom. The minimum absolute atomic E-state index is 0.304. The number of hydrogen-bond donors (Lipinski definition) is 2. The molecule has 3 aromatic heterocycles. The number of benzene rings is 1. The van der Waals surface area contributed by atoms with Crippen LogP contribution in [-0.2, 0) is 19.9 Å². The molecule has 0 saturated carbocycles. The number of nitrogens with two attached hydrogens (primary N) is 1. The molecule has 3 heterocycles. The second kappa shape index (κ2) is 5.46. The van der Waals surface area contributed by atoms with Gasteiger partial charge in [-0.15, -0.1) is 0 Å². The van der Waals surface area contributed by atoms with Gasteiger partial charge in [0, 0.05) is 41.0 Å². The Morgan fingerprint density at radius 1 is 1.19 bits per heavy atom. The van der Waals surface area contributed by atoms with Crippen LogP contribution in [0.4, 0.5) is 5.95 Å². The molecule has 0 radical (unpaired) electrons. The average molecular weight is 340 g/mol. The summed E-state index contributed by atoms with van der Waals surface area (Å²) in [7, 11) is 1.93. The second-order valence-corrected chi connectivity index (χ2v) is 6.48. The highest BCUT2D eigenvalue weighted by Crippen LogP contribution is 2.38. The third-order valence-corrected chi connectivity index (χ3v) is 4.79. The molecule has 0 atom stereocenters. The molecule has 0 aliphatic heterocycles. The van der Waals surface area contributed by atoms with Gasteiger partial charge in [0.15, 0.2) is 0 Å². The predicted octanol–water partition coefficient (Wildman–Crippen LogP) is 2.44. The number of aromatic amines is 1. The van der Waals surface area contributed by atoms with E-state index in [1.807, 2.05) is 23.9 Å². The van der Waals surface area contributed by atoms with E-state index in [0.29, 0.717) is 5.95 Å². The van der Waals surface area contributed by atoms with Gasteiger partial charge in [0.1, 0.15) is 5.69 Å². The van der Waals surface area contributed by atoms with Gasteiger partial charge in [-0.25, -0.2) is 15.0 Å². The maximum absolute atomic E-state index is 5.83. The van der Waals surface area contributed by atoms with Crippen LogP contribution in [0.2, 0.25) is 0 Å². The normalized spacial score (nSPS) is 12.3. The number of rotatable bonds is 0. The number of nitrogens with one attached hydrogen (secondary N) is 1. The molecule has 0 spiro atoms. The third kappa shape index (κ3) is 2.25. The van der Waals surface area contributed by atoms with Crippen LogP contribution in [0.1, 0.15) is 22.5 Å². The fourth-order valence-corrected chi connectivity index (χ4v) is 3.48. The summed E-state index contributed by atoms with van der Waals surface area (Å²) in [4.78, 5) is 16.3. The Kier molecular flexibility index (Phi) is 3.09. The van der Waals surface area contributed by atoms with Gasteiger partial charge in [-0.1, -0.05) is 5.92 Å². The maximum Gasteiger partial charge on any atom is 0.220 e. The Labute approximate surface area is 150 Å². The first-order valence-corrected chi connectivity index (χ1v) is 8.44. The van der Waals surface area contributed by atoms with Crippen LogP contribution >= 0.6 is 0 Å². The molecule has 6 nitrogen and oxygen atoms in total. The number of imidazole rings is 1. The average Bonchev–Trinajstić information content (AvgIpc) is 3.22. The number of anilines is 1. The monoisotopic (exact) mass is 340 g/mol. The molecule has 126 valence electrons. The van der Waals surface area contributed by atoms with E-state index in [2.05, 4.69) is 43.9 Å². The highest BCUT2D eigenvalue weighted by atomic mass is 15.0. The molecule has 1 aliphatic carbocycles. The molecule has 6 heteroatoms. The van der Waals surface area contributed by atoms with E-state index in [4.69, 9.17) is 5.73 Å². The van der Waals surface area contributed by atoms with Crippen molar-refractivity contribution < 1.29 is 0 Å². The number of aromatic nitrogens is 5. The summed E-state index contributed by atoms with van der Waals surface area (Å²) in [6, 6.07) is 6.22. The molecule has 0 fully saturated rings. The first-order chi connectivity index (χ1) is 12.7. The fourth-order valence-electron chi connectivity index (χ4n) is 3.48. The molecule has 1 aliphatic rings. The molecule has 4 aromatic rings. The summed E-state index contributed by atoms with van der Waals surface area (Å²) < 4.78 is 1.90. The number of fused-ring (bicyclic) bond motifs is 5. The van der Waals surface area contributed by atoms with Crippen molar-refractivity contribution in [2.75, 3.05) is 5.73 Å². The van der Waals surface area contributed by atoms with Crippen LogP contribution in [0, 0.1) is 11.8 Å². The Morgan fingerprint density at radius 3 is 2.96 bits per heavy atom. The molecule has 0 saturated heterocycles. The number of nitrogen functional groups attached to an aromatic ring is 1. The third-order valence-electron chi connectivity index (χ3n) is 4.79. The van der Waals surface area contributed by atoms with Crippen LogP contribution in [0.3, 0.4) is 0 Å². The summed E-state index contributed by atoms with van der Waals surface area (Å²) in [5.41, 5.74) is 13.1. The molecule has 5 rings (SSSR count). The topological polar surface area (TPSA) is 85.4 Å². The smallest absolute Gasteiger partial charge is 0.220 e. The van der Waals surface area contributed by atoms with Gasteiger partial charge in [0.2, 0.25) is 5.95 Å². The highest BCUT2D eigenvalue weighted by molar-refractivity contribution is 5.98. The molecular weight excluding hydrogens is 324 g/mol. The first-order valence-electron chi connectivity index (χ1n) is 8.44. The van der Waals surface area contributed by atoms with Crippen molar-refractivity contribution in [1.29, 1.82) is 0 Å². The van der Waals surface area contributed by atoms with Gasteiger partial charge in [-0.3, -0.25) is 0 Å².